The van der Waals surface area contributed by atoms with Crippen molar-refractivity contribution in [1.29, 1.82) is 0 Å². The largest absolute Gasteiger partial charge is 0.456 e. The zero-order valence-electron chi connectivity index (χ0n) is 10.7. The molecule has 2 nitrogen and oxygen atoms in total. The van der Waals surface area contributed by atoms with E-state index in [0.29, 0.717) is 17.1 Å². The highest BCUT2D eigenvalue weighted by molar-refractivity contribution is 7.80. The van der Waals surface area contributed by atoms with Crippen molar-refractivity contribution in [3.05, 3.63) is 58.9 Å². The molecule has 98 valence electrons. The third-order valence-electron chi connectivity index (χ3n) is 2.77. The minimum atomic E-state index is -0.342. The summed E-state index contributed by atoms with van der Waals surface area (Å²) in [4.78, 5) is 0.254. The SMILES string of the molecule is Cc1ccc(C(N)=S)c(Oc2cc(F)ccc2C)c1. The third kappa shape index (κ3) is 3.09. The van der Waals surface area contributed by atoms with E-state index in [-0.39, 0.29) is 10.8 Å². The van der Waals surface area contributed by atoms with E-state index < -0.39 is 0 Å². The van der Waals surface area contributed by atoms with E-state index in [9.17, 15) is 4.39 Å². The molecule has 2 aromatic rings. The number of hydrogen-bond acceptors (Lipinski definition) is 2. The number of benzene rings is 2. The molecule has 4 heteroatoms. The Morgan fingerprint density at radius 1 is 1.11 bits per heavy atom. The summed E-state index contributed by atoms with van der Waals surface area (Å²) in [6, 6.07) is 9.95. The molecule has 0 saturated carbocycles. The van der Waals surface area contributed by atoms with Gasteiger partial charge in [0.25, 0.3) is 0 Å². The van der Waals surface area contributed by atoms with E-state index in [0.717, 1.165) is 11.1 Å². The lowest BCUT2D eigenvalue weighted by Crippen LogP contribution is -2.11. The van der Waals surface area contributed by atoms with E-state index in [4.69, 9.17) is 22.7 Å². The molecule has 2 aromatic carbocycles. The van der Waals surface area contributed by atoms with Crippen molar-refractivity contribution >= 4 is 17.2 Å². The van der Waals surface area contributed by atoms with Gasteiger partial charge in [-0.05, 0) is 43.2 Å². The second-order valence-electron chi connectivity index (χ2n) is 4.38. The molecule has 0 saturated heterocycles. The van der Waals surface area contributed by atoms with E-state index in [2.05, 4.69) is 0 Å². The van der Waals surface area contributed by atoms with Crippen LogP contribution >= 0.6 is 12.2 Å². The Morgan fingerprint density at radius 3 is 2.53 bits per heavy atom. The highest BCUT2D eigenvalue weighted by Gasteiger charge is 2.10. The molecule has 2 rings (SSSR count). The van der Waals surface area contributed by atoms with Gasteiger partial charge in [0.1, 0.15) is 22.3 Å². The summed E-state index contributed by atoms with van der Waals surface area (Å²) in [6.07, 6.45) is 0. The maximum absolute atomic E-state index is 13.3. The second-order valence-corrected chi connectivity index (χ2v) is 4.82. The standard InChI is InChI=1S/C15H14FNOS/c1-9-3-6-12(15(17)19)14(7-9)18-13-8-11(16)5-4-10(13)2/h3-8H,1-2H3,(H2,17,19). The van der Waals surface area contributed by atoms with Crippen molar-refractivity contribution in [2.24, 2.45) is 5.73 Å². The van der Waals surface area contributed by atoms with Gasteiger partial charge in [0, 0.05) is 6.07 Å². The van der Waals surface area contributed by atoms with Gasteiger partial charge in [0.2, 0.25) is 0 Å². The van der Waals surface area contributed by atoms with Crippen molar-refractivity contribution in [1.82, 2.24) is 0 Å². The van der Waals surface area contributed by atoms with Crippen LogP contribution in [0.2, 0.25) is 0 Å². The average molecular weight is 275 g/mol. The number of thiocarbonyl (C=S) groups is 1. The van der Waals surface area contributed by atoms with Gasteiger partial charge in [-0.25, -0.2) is 4.39 Å². The fraction of sp³-hybridized carbons (Fsp3) is 0.133. The maximum atomic E-state index is 13.3. The summed E-state index contributed by atoms with van der Waals surface area (Å²) in [7, 11) is 0. The molecule has 0 bridgehead atoms. The van der Waals surface area contributed by atoms with Crippen molar-refractivity contribution < 1.29 is 9.13 Å². The summed E-state index contributed by atoms with van der Waals surface area (Å²) >= 11 is 4.99. The van der Waals surface area contributed by atoms with Crippen molar-refractivity contribution in [3.8, 4) is 11.5 Å². The Bertz CT molecular complexity index is 640. The smallest absolute Gasteiger partial charge is 0.137 e. The first kappa shape index (κ1) is 13.5. The van der Waals surface area contributed by atoms with Gasteiger partial charge in [0.05, 0.1) is 5.56 Å². The lowest BCUT2D eigenvalue weighted by molar-refractivity contribution is 0.471. The van der Waals surface area contributed by atoms with Gasteiger partial charge in [-0.2, -0.15) is 0 Å². The molecule has 0 unspecified atom stereocenters. The molecule has 0 aliphatic heterocycles. The van der Waals surface area contributed by atoms with Crippen LogP contribution in [0.3, 0.4) is 0 Å². The van der Waals surface area contributed by atoms with E-state index in [1.807, 2.05) is 32.0 Å². The van der Waals surface area contributed by atoms with Crippen LogP contribution in [-0.2, 0) is 0 Å². The summed E-state index contributed by atoms with van der Waals surface area (Å²) in [6.45, 7) is 3.79. The van der Waals surface area contributed by atoms with Gasteiger partial charge >= 0.3 is 0 Å². The molecule has 0 spiro atoms. The highest BCUT2D eigenvalue weighted by atomic mass is 32.1. The number of rotatable bonds is 3. The molecule has 0 radical (unpaired) electrons. The van der Waals surface area contributed by atoms with Gasteiger partial charge in [-0.15, -0.1) is 0 Å². The van der Waals surface area contributed by atoms with Crippen molar-refractivity contribution in [2.75, 3.05) is 0 Å². The van der Waals surface area contributed by atoms with Crippen LogP contribution in [0.5, 0.6) is 11.5 Å². The van der Waals surface area contributed by atoms with Crippen LogP contribution in [0.15, 0.2) is 36.4 Å². The number of ether oxygens (including phenoxy) is 1. The minimum absolute atomic E-state index is 0.254. The molecule has 19 heavy (non-hydrogen) atoms. The topological polar surface area (TPSA) is 35.2 Å². The Morgan fingerprint density at radius 2 is 1.84 bits per heavy atom. The Balaban J connectivity index is 2.45. The first-order valence-electron chi connectivity index (χ1n) is 5.82. The second kappa shape index (κ2) is 5.36. The van der Waals surface area contributed by atoms with E-state index in [1.165, 1.54) is 12.1 Å². The number of halogens is 1. The first-order chi connectivity index (χ1) is 8.97. The summed E-state index contributed by atoms with van der Waals surface area (Å²) in [5.41, 5.74) is 8.17. The van der Waals surface area contributed by atoms with Crippen molar-refractivity contribution in [2.45, 2.75) is 13.8 Å². The van der Waals surface area contributed by atoms with Gasteiger partial charge in [0.15, 0.2) is 0 Å². The molecule has 0 aliphatic rings. The zero-order valence-corrected chi connectivity index (χ0v) is 11.6. The molecule has 0 atom stereocenters. The third-order valence-corrected chi connectivity index (χ3v) is 2.99. The van der Waals surface area contributed by atoms with Crippen molar-refractivity contribution in [3.63, 3.8) is 0 Å². The fourth-order valence-corrected chi connectivity index (χ4v) is 1.89. The van der Waals surface area contributed by atoms with E-state index >= 15 is 0 Å². The van der Waals surface area contributed by atoms with Crippen LogP contribution in [0.1, 0.15) is 16.7 Å². The molecule has 0 aliphatic carbocycles. The molecule has 0 amide bonds. The molecular weight excluding hydrogens is 261 g/mol. The lowest BCUT2D eigenvalue weighted by Gasteiger charge is -2.13. The van der Waals surface area contributed by atoms with Crippen LogP contribution in [0, 0.1) is 19.7 Å². The monoisotopic (exact) mass is 275 g/mol. The summed E-state index contributed by atoms with van der Waals surface area (Å²) < 4.78 is 19.0. The van der Waals surface area contributed by atoms with E-state index in [1.54, 1.807) is 6.07 Å². The molecule has 0 aromatic heterocycles. The number of aryl methyl sites for hydroxylation is 2. The fourth-order valence-electron chi connectivity index (χ4n) is 1.72. The summed E-state index contributed by atoms with van der Waals surface area (Å²) in [5.74, 6) is 0.662. The highest BCUT2D eigenvalue weighted by Crippen LogP contribution is 2.29. The molecular formula is C15H14FNOS. The van der Waals surface area contributed by atoms with Crippen LogP contribution in [0.4, 0.5) is 4.39 Å². The Hall–Kier alpha value is -1.94. The quantitative estimate of drug-likeness (QED) is 0.864. The Labute approximate surface area is 117 Å². The maximum Gasteiger partial charge on any atom is 0.137 e. The molecule has 0 fully saturated rings. The number of nitrogens with two attached hydrogens (primary N) is 1. The van der Waals surface area contributed by atoms with Crippen LogP contribution < -0.4 is 10.5 Å². The average Bonchev–Trinajstić information content (AvgIpc) is 2.33. The van der Waals surface area contributed by atoms with Gasteiger partial charge < -0.3 is 10.5 Å². The normalized spacial score (nSPS) is 10.3. The van der Waals surface area contributed by atoms with Gasteiger partial charge in [-0.3, -0.25) is 0 Å². The molecule has 2 N–H and O–H groups in total. The zero-order chi connectivity index (χ0) is 14.0. The number of hydrogen-bond donors (Lipinski definition) is 1. The molecule has 0 heterocycles. The predicted molar refractivity (Wildman–Crippen MR) is 78.3 cm³/mol. The lowest BCUT2D eigenvalue weighted by atomic mass is 10.1. The minimum Gasteiger partial charge on any atom is -0.456 e. The van der Waals surface area contributed by atoms with Crippen LogP contribution in [0.25, 0.3) is 0 Å². The predicted octanol–water partition coefficient (Wildman–Crippen LogP) is 3.87. The van der Waals surface area contributed by atoms with Crippen LogP contribution in [-0.4, -0.2) is 4.99 Å². The Kier molecular flexibility index (Phi) is 3.81. The summed E-state index contributed by atoms with van der Waals surface area (Å²) in [5, 5.41) is 0. The first-order valence-corrected chi connectivity index (χ1v) is 6.22. The van der Waals surface area contributed by atoms with Gasteiger partial charge in [-0.1, -0.05) is 24.4 Å².